The minimum absolute atomic E-state index is 0. The highest BCUT2D eigenvalue weighted by Crippen LogP contribution is 2.26. The van der Waals surface area contributed by atoms with Crippen LogP contribution in [0.1, 0.15) is 16.8 Å². The van der Waals surface area contributed by atoms with E-state index >= 15 is 0 Å². The van der Waals surface area contributed by atoms with Gasteiger partial charge in [0.2, 0.25) is 5.43 Å². The molecule has 152 valence electrons. The molecule has 1 fully saturated rings. The lowest BCUT2D eigenvalue weighted by Gasteiger charge is -2.19. The maximum Gasteiger partial charge on any atom is 0.341 e. The summed E-state index contributed by atoms with van der Waals surface area (Å²) < 4.78 is 16.1. The Morgan fingerprint density at radius 3 is 2.55 bits per heavy atom. The summed E-state index contributed by atoms with van der Waals surface area (Å²) in [6.45, 7) is 0.972. The van der Waals surface area contributed by atoms with Gasteiger partial charge >= 0.3 is 5.97 Å². The van der Waals surface area contributed by atoms with E-state index in [0.717, 1.165) is 12.3 Å². The molecule has 0 aliphatic carbocycles. The molecule has 2 aromatic heterocycles. The number of hydrogen-bond donors (Lipinski definition) is 3. The number of rotatable bonds is 3. The summed E-state index contributed by atoms with van der Waals surface area (Å²) in [5.41, 5.74) is 5.18. The average Bonchev–Trinajstić information content (AvgIpc) is 3.09. The predicted molar refractivity (Wildman–Crippen MR) is 108 cm³/mol. The number of nitrogens with zero attached hydrogens (tertiary/aromatic N) is 3. The van der Waals surface area contributed by atoms with Gasteiger partial charge in [0, 0.05) is 31.0 Å². The molecule has 4 N–H and O–H groups in total. The van der Waals surface area contributed by atoms with Gasteiger partial charge < -0.3 is 25.4 Å². The van der Waals surface area contributed by atoms with Crippen LogP contribution in [0, 0.1) is 5.82 Å². The van der Waals surface area contributed by atoms with Crippen LogP contribution in [0.2, 0.25) is 0 Å². The minimum Gasteiger partial charge on any atom is -0.508 e. The number of anilines is 1. The first-order valence-corrected chi connectivity index (χ1v) is 8.64. The number of carboxylic acids is 1. The van der Waals surface area contributed by atoms with Crippen molar-refractivity contribution in [3.63, 3.8) is 0 Å². The largest absolute Gasteiger partial charge is 0.508 e. The van der Waals surface area contributed by atoms with Gasteiger partial charge in [-0.3, -0.25) is 4.79 Å². The summed E-state index contributed by atoms with van der Waals surface area (Å²) in [7, 11) is 0. The molecule has 1 saturated heterocycles. The molecule has 1 aliphatic heterocycles. The van der Waals surface area contributed by atoms with E-state index in [4.69, 9.17) is 5.73 Å². The van der Waals surface area contributed by atoms with E-state index in [1.807, 2.05) is 0 Å². The van der Waals surface area contributed by atoms with Gasteiger partial charge in [-0.15, -0.1) is 12.4 Å². The zero-order valence-electron chi connectivity index (χ0n) is 15.1. The van der Waals surface area contributed by atoms with Crippen LogP contribution < -0.4 is 16.1 Å². The standard InChI is InChI=1S/C19H17FN4O4.ClH/c20-15-7-13-16(26)14(19(27)28)9-24(11-1-3-12(25)4-2-11)17(13)22-18(15)23-6-5-10(21)8-23;/h1-4,7,9-10,25H,5-6,8,21H2,(H,27,28);1H. The maximum atomic E-state index is 14.7. The normalized spacial score (nSPS) is 16.1. The van der Waals surface area contributed by atoms with E-state index in [1.54, 1.807) is 17.0 Å². The molecule has 29 heavy (non-hydrogen) atoms. The third-order valence-corrected chi connectivity index (χ3v) is 4.80. The smallest absolute Gasteiger partial charge is 0.341 e. The van der Waals surface area contributed by atoms with Crippen LogP contribution in [0.3, 0.4) is 0 Å². The number of aromatic nitrogens is 2. The van der Waals surface area contributed by atoms with E-state index < -0.39 is 22.8 Å². The van der Waals surface area contributed by atoms with Gasteiger partial charge in [-0.2, -0.15) is 0 Å². The summed E-state index contributed by atoms with van der Waals surface area (Å²) >= 11 is 0. The number of pyridine rings is 2. The van der Waals surface area contributed by atoms with Crippen molar-refractivity contribution in [2.45, 2.75) is 12.5 Å². The number of hydrogen-bond acceptors (Lipinski definition) is 6. The number of phenolic OH excluding ortho intramolecular Hbond substituents is 1. The number of benzene rings is 1. The first-order chi connectivity index (χ1) is 13.3. The molecule has 1 unspecified atom stereocenters. The Kier molecular flexibility index (Phi) is 5.45. The fourth-order valence-corrected chi connectivity index (χ4v) is 3.38. The average molecular weight is 421 g/mol. The molecule has 0 spiro atoms. The molecule has 3 aromatic rings. The first kappa shape index (κ1) is 20.6. The summed E-state index contributed by atoms with van der Waals surface area (Å²) in [6, 6.07) is 6.86. The highest BCUT2D eigenvalue weighted by atomic mass is 35.5. The highest BCUT2D eigenvalue weighted by molar-refractivity contribution is 5.92. The summed E-state index contributed by atoms with van der Waals surface area (Å²) in [5.74, 6) is -2.04. The number of phenols is 1. The van der Waals surface area contributed by atoms with E-state index in [9.17, 15) is 24.2 Å². The topological polar surface area (TPSA) is 122 Å². The van der Waals surface area contributed by atoms with Gasteiger partial charge in [-0.1, -0.05) is 0 Å². The van der Waals surface area contributed by atoms with Gasteiger partial charge in [0.25, 0.3) is 0 Å². The van der Waals surface area contributed by atoms with Crippen LogP contribution >= 0.6 is 12.4 Å². The zero-order valence-corrected chi connectivity index (χ0v) is 15.9. The molecule has 4 rings (SSSR count). The maximum absolute atomic E-state index is 14.7. The van der Waals surface area contributed by atoms with Crippen molar-refractivity contribution in [1.82, 2.24) is 9.55 Å². The van der Waals surface area contributed by atoms with Crippen molar-refractivity contribution < 1.29 is 19.4 Å². The van der Waals surface area contributed by atoms with Crippen LogP contribution in [0.15, 0.2) is 41.3 Å². The molecule has 3 heterocycles. The second kappa shape index (κ2) is 7.69. The second-order valence-corrected chi connectivity index (χ2v) is 6.72. The number of fused-ring (bicyclic) bond motifs is 1. The van der Waals surface area contributed by atoms with Crippen molar-refractivity contribution in [1.29, 1.82) is 0 Å². The Morgan fingerprint density at radius 1 is 1.28 bits per heavy atom. The zero-order chi connectivity index (χ0) is 20.0. The van der Waals surface area contributed by atoms with Gasteiger partial charge in [0.15, 0.2) is 17.3 Å². The summed E-state index contributed by atoms with van der Waals surface area (Å²) in [4.78, 5) is 30.1. The molecule has 0 bridgehead atoms. The Bertz CT molecular complexity index is 1150. The Balaban J connectivity index is 0.00000240. The molecule has 1 atom stereocenters. The third-order valence-electron chi connectivity index (χ3n) is 4.80. The summed E-state index contributed by atoms with van der Waals surface area (Å²) in [6.07, 6.45) is 1.85. The van der Waals surface area contributed by atoms with Crippen LogP contribution in [-0.2, 0) is 0 Å². The SMILES string of the molecule is Cl.NC1CCN(c2nc3c(cc2F)c(=O)c(C(=O)O)cn3-c2ccc(O)cc2)C1. The number of aromatic carboxylic acids is 1. The minimum atomic E-state index is -1.42. The molecule has 0 saturated carbocycles. The second-order valence-electron chi connectivity index (χ2n) is 6.72. The lowest BCUT2D eigenvalue weighted by molar-refractivity contribution is 0.0695. The van der Waals surface area contributed by atoms with Gasteiger partial charge in [0.05, 0.1) is 5.39 Å². The Hall–Kier alpha value is -3.17. The molecule has 1 aliphatic rings. The summed E-state index contributed by atoms with van der Waals surface area (Å²) in [5, 5.41) is 18.8. The van der Waals surface area contributed by atoms with Crippen molar-refractivity contribution in [3.8, 4) is 11.4 Å². The molecule has 8 nitrogen and oxygen atoms in total. The lowest BCUT2D eigenvalue weighted by Crippen LogP contribution is -2.28. The lowest BCUT2D eigenvalue weighted by atomic mass is 10.1. The van der Waals surface area contributed by atoms with Crippen LogP contribution in [0.4, 0.5) is 10.2 Å². The molecule has 1 aromatic carbocycles. The van der Waals surface area contributed by atoms with E-state index in [2.05, 4.69) is 4.98 Å². The van der Waals surface area contributed by atoms with E-state index in [0.29, 0.717) is 25.2 Å². The van der Waals surface area contributed by atoms with Crippen LogP contribution in [-0.4, -0.2) is 44.9 Å². The number of halogens is 2. The molecule has 10 heteroatoms. The van der Waals surface area contributed by atoms with Crippen molar-refractivity contribution >= 4 is 35.2 Å². The Morgan fingerprint density at radius 2 is 1.97 bits per heavy atom. The predicted octanol–water partition coefficient (Wildman–Crippen LogP) is 1.89. The number of aromatic hydroxyl groups is 1. The van der Waals surface area contributed by atoms with Gasteiger partial charge in [-0.05, 0) is 36.8 Å². The van der Waals surface area contributed by atoms with Crippen LogP contribution in [0.25, 0.3) is 16.7 Å². The van der Waals surface area contributed by atoms with Crippen LogP contribution in [0.5, 0.6) is 5.75 Å². The molecule has 0 radical (unpaired) electrons. The first-order valence-electron chi connectivity index (χ1n) is 8.64. The molecule has 0 amide bonds. The fraction of sp³-hybridized carbons (Fsp3) is 0.211. The van der Waals surface area contributed by atoms with E-state index in [-0.39, 0.29) is 41.0 Å². The monoisotopic (exact) mass is 420 g/mol. The van der Waals surface area contributed by atoms with Crippen molar-refractivity contribution in [2.24, 2.45) is 5.73 Å². The highest BCUT2D eigenvalue weighted by Gasteiger charge is 2.25. The Labute approximate surface area is 170 Å². The van der Waals surface area contributed by atoms with Crippen molar-refractivity contribution in [3.05, 3.63) is 58.1 Å². The molecular weight excluding hydrogens is 403 g/mol. The quantitative estimate of drug-likeness (QED) is 0.591. The fourth-order valence-electron chi connectivity index (χ4n) is 3.38. The number of carboxylic acid groups (broad SMARTS) is 1. The van der Waals surface area contributed by atoms with E-state index in [1.165, 1.54) is 16.7 Å². The number of nitrogens with two attached hydrogens (primary N) is 1. The van der Waals surface area contributed by atoms with Gasteiger partial charge in [0.1, 0.15) is 11.3 Å². The van der Waals surface area contributed by atoms with Crippen molar-refractivity contribution in [2.75, 3.05) is 18.0 Å². The number of carbonyl (C=O) groups is 1. The third kappa shape index (κ3) is 3.62. The van der Waals surface area contributed by atoms with Gasteiger partial charge in [-0.25, -0.2) is 14.2 Å². The molecular formula is C19H18ClFN4O4.